The maximum atomic E-state index is 13.2. The summed E-state index contributed by atoms with van der Waals surface area (Å²) in [5, 5.41) is 3.71. The Kier molecular flexibility index (Phi) is 4.98. The minimum atomic E-state index is -4.49. The average Bonchev–Trinajstić information content (AvgIpc) is 3.20. The van der Waals surface area contributed by atoms with Crippen molar-refractivity contribution < 1.29 is 22.6 Å². The number of nitrogens with one attached hydrogen (secondary N) is 2. The molecule has 0 saturated carbocycles. The van der Waals surface area contributed by atoms with Gasteiger partial charge in [0.1, 0.15) is 35.8 Å². The molecular weight excluding hydrogens is 411 g/mol. The summed E-state index contributed by atoms with van der Waals surface area (Å²) in [5.74, 6) is 1.11. The van der Waals surface area contributed by atoms with Crippen LogP contribution >= 0.6 is 0 Å². The Morgan fingerprint density at radius 1 is 1.23 bits per heavy atom. The summed E-state index contributed by atoms with van der Waals surface area (Å²) >= 11 is 0. The number of alkyl halides is 3. The number of morpholine rings is 1. The number of fused-ring (bicyclic) bond motifs is 2. The van der Waals surface area contributed by atoms with Gasteiger partial charge in [-0.2, -0.15) is 13.2 Å². The predicted molar refractivity (Wildman–Crippen MR) is 108 cm³/mol. The van der Waals surface area contributed by atoms with Crippen molar-refractivity contribution in [3.05, 3.63) is 47.9 Å². The van der Waals surface area contributed by atoms with Gasteiger partial charge in [0.15, 0.2) is 0 Å². The molecule has 2 aliphatic heterocycles. The number of ether oxygens (including phenoxy) is 2. The number of halogens is 3. The smallest absolute Gasteiger partial charge is 0.431 e. The second-order valence-corrected chi connectivity index (χ2v) is 7.88. The highest BCUT2D eigenvalue weighted by Crippen LogP contribution is 2.38. The van der Waals surface area contributed by atoms with Crippen LogP contribution in [0.25, 0.3) is 11.0 Å². The summed E-state index contributed by atoms with van der Waals surface area (Å²) < 4.78 is 51.4. The van der Waals surface area contributed by atoms with E-state index in [4.69, 9.17) is 9.47 Å². The molecule has 2 aliphatic rings. The fourth-order valence-electron chi connectivity index (χ4n) is 4.34. The number of anilines is 1. The molecule has 0 aliphatic carbocycles. The Balaban J connectivity index is 1.54. The summed E-state index contributed by atoms with van der Waals surface area (Å²) in [7, 11) is 0. The maximum absolute atomic E-state index is 13.2. The molecule has 0 amide bonds. The van der Waals surface area contributed by atoms with Crippen LogP contribution in [0.2, 0.25) is 0 Å². The van der Waals surface area contributed by atoms with Crippen molar-refractivity contribution in [1.29, 1.82) is 0 Å². The zero-order chi connectivity index (χ0) is 21.6. The summed E-state index contributed by atoms with van der Waals surface area (Å²) in [5.41, 5.74) is 0.231. The van der Waals surface area contributed by atoms with Crippen LogP contribution in [0.3, 0.4) is 0 Å². The fraction of sp³-hybridized carbons (Fsp3) is 0.429. The van der Waals surface area contributed by atoms with E-state index in [0.29, 0.717) is 24.4 Å². The molecule has 1 aromatic carbocycles. The average molecular weight is 433 g/mol. The van der Waals surface area contributed by atoms with E-state index in [1.807, 2.05) is 31.2 Å². The third-order valence-corrected chi connectivity index (χ3v) is 5.81. The van der Waals surface area contributed by atoms with E-state index in [0.717, 1.165) is 30.5 Å². The third-order valence-electron chi connectivity index (χ3n) is 5.81. The molecule has 0 unspecified atom stereocenters. The van der Waals surface area contributed by atoms with E-state index in [1.54, 1.807) is 0 Å². The number of hydrogen-bond acceptors (Lipinski definition) is 6. The standard InChI is InChI=1S/C21H22F3N5O2/c1-12-9-29(6-7-30-12)15-10-31-16-5-3-2-4-13(16)18(15)28-20-14-8-17(21(22,23)24)27-19(14)25-11-26-20/h2-5,8,11-12,15,18H,6-7,9-10H2,1H3,(H2,25,26,27,28)/t12-,15-,18-/m0/s1. The SMILES string of the molecule is C[C@H]1CN([C@H]2COc3ccccc3[C@@H]2Nc2ncnc3[nH]c(C(F)(F)F)cc23)CCO1. The number of aromatic nitrogens is 3. The number of hydrogen-bond donors (Lipinski definition) is 2. The molecule has 0 spiro atoms. The van der Waals surface area contributed by atoms with Gasteiger partial charge >= 0.3 is 6.18 Å². The van der Waals surface area contributed by atoms with Crippen LogP contribution < -0.4 is 10.1 Å². The van der Waals surface area contributed by atoms with Gasteiger partial charge in [-0.1, -0.05) is 18.2 Å². The molecule has 5 rings (SSSR count). The van der Waals surface area contributed by atoms with Gasteiger partial charge in [-0.25, -0.2) is 9.97 Å². The van der Waals surface area contributed by atoms with Crippen LogP contribution in [0.4, 0.5) is 19.0 Å². The second-order valence-electron chi connectivity index (χ2n) is 7.88. The van der Waals surface area contributed by atoms with E-state index in [1.165, 1.54) is 6.33 Å². The topological polar surface area (TPSA) is 75.3 Å². The number of aromatic amines is 1. The van der Waals surface area contributed by atoms with E-state index in [2.05, 4.69) is 25.2 Å². The Bertz CT molecular complexity index is 1090. The van der Waals surface area contributed by atoms with Crippen molar-refractivity contribution in [2.24, 2.45) is 0 Å². The molecular formula is C21H22F3N5O2. The lowest BCUT2D eigenvalue weighted by Gasteiger charge is -2.43. The number of para-hydroxylation sites is 1. The molecule has 1 saturated heterocycles. The molecule has 2 N–H and O–H groups in total. The van der Waals surface area contributed by atoms with Crippen LogP contribution in [0.1, 0.15) is 24.2 Å². The molecule has 10 heteroatoms. The number of rotatable bonds is 3. The first-order chi connectivity index (χ1) is 14.9. The molecule has 0 bridgehead atoms. The van der Waals surface area contributed by atoms with Crippen molar-refractivity contribution in [1.82, 2.24) is 19.9 Å². The highest BCUT2D eigenvalue weighted by Gasteiger charge is 2.38. The summed E-state index contributed by atoms with van der Waals surface area (Å²) in [4.78, 5) is 12.9. The monoisotopic (exact) mass is 433 g/mol. The van der Waals surface area contributed by atoms with Crippen LogP contribution in [-0.4, -0.2) is 58.3 Å². The minimum absolute atomic E-state index is 0.0349. The van der Waals surface area contributed by atoms with Crippen molar-refractivity contribution in [2.75, 3.05) is 31.6 Å². The van der Waals surface area contributed by atoms with Crippen molar-refractivity contribution >= 4 is 16.9 Å². The van der Waals surface area contributed by atoms with Gasteiger partial charge in [0.05, 0.1) is 30.2 Å². The maximum Gasteiger partial charge on any atom is 0.431 e. The number of nitrogens with zero attached hydrogens (tertiary/aromatic N) is 3. The lowest BCUT2D eigenvalue weighted by Crippen LogP contribution is -2.54. The second kappa shape index (κ2) is 7.69. The first-order valence-electron chi connectivity index (χ1n) is 10.1. The van der Waals surface area contributed by atoms with Crippen molar-refractivity contribution in [3.8, 4) is 5.75 Å². The van der Waals surface area contributed by atoms with Crippen molar-refractivity contribution in [3.63, 3.8) is 0 Å². The van der Waals surface area contributed by atoms with Gasteiger partial charge in [-0.05, 0) is 19.1 Å². The molecule has 4 heterocycles. The van der Waals surface area contributed by atoms with E-state index >= 15 is 0 Å². The van der Waals surface area contributed by atoms with Gasteiger partial charge in [-0.3, -0.25) is 4.90 Å². The largest absolute Gasteiger partial charge is 0.491 e. The Morgan fingerprint density at radius 2 is 2.06 bits per heavy atom. The first kappa shape index (κ1) is 20.1. The van der Waals surface area contributed by atoms with Crippen LogP contribution in [0, 0.1) is 0 Å². The minimum Gasteiger partial charge on any atom is -0.491 e. The third kappa shape index (κ3) is 3.81. The van der Waals surface area contributed by atoms with E-state index < -0.39 is 11.9 Å². The normalized spacial score (nSPS) is 24.6. The molecule has 3 aromatic rings. The highest BCUT2D eigenvalue weighted by molar-refractivity contribution is 5.88. The van der Waals surface area contributed by atoms with E-state index in [-0.39, 0.29) is 23.8 Å². The molecule has 0 radical (unpaired) electrons. The van der Waals surface area contributed by atoms with Gasteiger partial charge in [0.2, 0.25) is 0 Å². The van der Waals surface area contributed by atoms with Crippen molar-refractivity contribution in [2.45, 2.75) is 31.3 Å². The first-order valence-corrected chi connectivity index (χ1v) is 10.1. The summed E-state index contributed by atoms with van der Waals surface area (Å²) in [6.07, 6.45) is -3.13. The van der Waals surface area contributed by atoms with Crippen LogP contribution in [-0.2, 0) is 10.9 Å². The van der Waals surface area contributed by atoms with Gasteiger partial charge in [0.25, 0.3) is 0 Å². The molecule has 164 valence electrons. The predicted octanol–water partition coefficient (Wildman–Crippen LogP) is 3.61. The fourth-order valence-corrected chi connectivity index (χ4v) is 4.34. The van der Waals surface area contributed by atoms with E-state index in [9.17, 15) is 13.2 Å². The number of benzene rings is 1. The summed E-state index contributed by atoms with van der Waals surface area (Å²) in [6.45, 7) is 4.60. The lowest BCUT2D eigenvalue weighted by molar-refractivity contribution is -0.140. The van der Waals surface area contributed by atoms with Gasteiger partial charge < -0.3 is 19.8 Å². The molecule has 1 fully saturated rings. The van der Waals surface area contributed by atoms with Gasteiger partial charge in [-0.15, -0.1) is 0 Å². The zero-order valence-electron chi connectivity index (χ0n) is 16.8. The zero-order valence-corrected chi connectivity index (χ0v) is 16.8. The Hall–Kier alpha value is -2.85. The molecule has 2 aromatic heterocycles. The Morgan fingerprint density at radius 3 is 2.87 bits per heavy atom. The molecule has 31 heavy (non-hydrogen) atoms. The van der Waals surface area contributed by atoms with Crippen LogP contribution in [0.15, 0.2) is 36.7 Å². The summed E-state index contributed by atoms with van der Waals surface area (Å²) in [6, 6.07) is 8.49. The quantitative estimate of drug-likeness (QED) is 0.657. The van der Waals surface area contributed by atoms with Crippen LogP contribution in [0.5, 0.6) is 5.75 Å². The van der Waals surface area contributed by atoms with Gasteiger partial charge in [0, 0.05) is 18.7 Å². The molecule has 3 atom stereocenters. The highest BCUT2D eigenvalue weighted by atomic mass is 19.4. The lowest BCUT2D eigenvalue weighted by atomic mass is 9.94. The number of H-pyrrole nitrogens is 1. The molecule has 7 nitrogen and oxygen atoms in total. The Labute approximate surface area is 176 Å².